The molecule has 1 aliphatic carbocycles. The normalized spacial score (nSPS) is 14.5. The maximum Gasteiger partial charge on any atom is 0.265 e. The third kappa shape index (κ3) is 3.14. The van der Waals surface area contributed by atoms with Crippen LogP contribution in [-0.2, 0) is 14.8 Å². The summed E-state index contributed by atoms with van der Waals surface area (Å²) in [6.45, 7) is 4.85. The lowest BCUT2D eigenvalue weighted by Gasteiger charge is -2.21. The van der Waals surface area contributed by atoms with E-state index in [9.17, 15) is 13.2 Å². The number of H-pyrrole nitrogens is 1. The SMILES string of the molecule is CC(=O)N(c1ccc(NS(=O)(=O)c2c(C)n[nH]c2C)cc1)C1CC1. The molecular formula is C16H20N4O3S. The molecule has 0 atom stereocenters. The number of rotatable bonds is 5. The van der Waals surface area contributed by atoms with Gasteiger partial charge in [-0.15, -0.1) is 0 Å². The van der Waals surface area contributed by atoms with E-state index in [-0.39, 0.29) is 16.8 Å². The highest BCUT2D eigenvalue weighted by atomic mass is 32.2. The van der Waals surface area contributed by atoms with Crippen LogP contribution in [0.5, 0.6) is 0 Å². The highest BCUT2D eigenvalue weighted by Crippen LogP contribution is 2.32. The number of aromatic nitrogens is 2. The highest BCUT2D eigenvalue weighted by molar-refractivity contribution is 7.92. The van der Waals surface area contributed by atoms with Gasteiger partial charge in [-0.1, -0.05) is 0 Å². The van der Waals surface area contributed by atoms with Gasteiger partial charge in [0.05, 0.1) is 11.4 Å². The smallest absolute Gasteiger partial charge is 0.265 e. The van der Waals surface area contributed by atoms with Crippen LogP contribution >= 0.6 is 0 Å². The lowest BCUT2D eigenvalue weighted by Crippen LogP contribution is -2.30. The monoisotopic (exact) mass is 348 g/mol. The first kappa shape index (κ1) is 16.5. The van der Waals surface area contributed by atoms with Gasteiger partial charge < -0.3 is 4.90 Å². The van der Waals surface area contributed by atoms with E-state index in [1.165, 1.54) is 0 Å². The van der Waals surface area contributed by atoms with Gasteiger partial charge in [0.25, 0.3) is 10.0 Å². The Labute approximate surface area is 141 Å². The molecule has 0 unspecified atom stereocenters. The molecule has 3 rings (SSSR count). The second-order valence-electron chi connectivity index (χ2n) is 6.04. The molecule has 0 aliphatic heterocycles. The second-order valence-corrected chi connectivity index (χ2v) is 7.65. The van der Waals surface area contributed by atoms with Gasteiger partial charge in [0.15, 0.2) is 0 Å². The van der Waals surface area contributed by atoms with Crippen molar-refractivity contribution < 1.29 is 13.2 Å². The molecule has 8 heteroatoms. The Bertz CT molecular complexity index is 848. The number of hydrogen-bond acceptors (Lipinski definition) is 4. The molecule has 1 aromatic carbocycles. The minimum atomic E-state index is -3.71. The summed E-state index contributed by atoms with van der Waals surface area (Å²) in [5.41, 5.74) is 2.14. The molecule has 1 aliphatic rings. The number of hydrogen-bond donors (Lipinski definition) is 2. The van der Waals surface area contributed by atoms with Crippen LogP contribution in [-0.4, -0.2) is 30.6 Å². The van der Waals surface area contributed by atoms with Crippen molar-refractivity contribution in [1.29, 1.82) is 0 Å². The van der Waals surface area contributed by atoms with Gasteiger partial charge in [0.2, 0.25) is 5.91 Å². The van der Waals surface area contributed by atoms with Crippen LogP contribution in [0.2, 0.25) is 0 Å². The molecule has 7 nitrogen and oxygen atoms in total. The molecular weight excluding hydrogens is 328 g/mol. The number of nitrogens with zero attached hydrogens (tertiary/aromatic N) is 2. The van der Waals surface area contributed by atoms with Crippen molar-refractivity contribution >= 4 is 27.3 Å². The minimum Gasteiger partial charge on any atom is -0.310 e. The lowest BCUT2D eigenvalue weighted by atomic mass is 10.2. The number of sulfonamides is 1. The molecule has 24 heavy (non-hydrogen) atoms. The predicted octanol–water partition coefficient (Wildman–Crippen LogP) is 2.34. The number of aryl methyl sites for hydroxylation is 2. The zero-order valence-corrected chi connectivity index (χ0v) is 14.6. The summed E-state index contributed by atoms with van der Waals surface area (Å²) in [5.74, 6) is -0.00419. The average molecular weight is 348 g/mol. The summed E-state index contributed by atoms with van der Waals surface area (Å²) in [7, 11) is -3.71. The van der Waals surface area contributed by atoms with Crippen LogP contribution < -0.4 is 9.62 Å². The van der Waals surface area contributed by atoms with Crippen LogP contribution in [0.4, 0.5) is 11.4 Å². The number of carbonyl (C=O) groups excluding carboxylic acids is 1. The van der Waals surface area contributed by atoms with Gasteiger partial charge in [-0.2, -0.15) is 5.10 Å². The van der Waals surface area contributed by atoms with E-state index in [2.05, 4.69) is 14.9 Å². The molecule has 0 saturated heterocycles. The Morgan fingerprint density at radius 2 is 1.88 bits per heavy atom. The molecule has 0 radical (unpaired) electrons. The van der Waals surface area contributed by atoms with Crippen LogP contribution in [0.25, 0.3) is 0 Å². The number of nitrogens with one attached hydrogen (secondary N) is 2. The summed E-state index contributed by atoms with van der Waals surface area (Å²) in [6, 6.07) is 7.10. The Hall–Kier alpha value is -2.35. The molecule has 1 aromatic heterocycles. The molecule has 2 aromatic rings. The van der Waals surface area contributed by atoms with Crippen LogP contribution in [0.15, 0.2) is 29.2 Å². The largest absolute Gasteiger partial charge is 0.310 e. The maximum absolute atomic E-state index is 12.5. The molecule has 128 valence electrons. The Kier molecular flexibility index (Phi) is 4.08. The summed E-state index contributed by atoms with van der Waals surface area (Å²) in [4.78, 5) is 13.7. The van der Waals surface area contributed by atoms with Gasteiger partial charge in [-0.05, 0) is 51.0 Å². The molecule has 1 fully saturated rings. The average Bonchev–Trinajstić information content (AvgIpc) is 3.25. The van der Waals surface area contributed by atoms with E-state index in [1.807, 2.05) is 0 Å². The van der Waals surface area contributed by atoms with Gasteiger partial charge in [-0.3, -0.25) is 14.6 Å². The van der Waals surface area contributed by atoms with Crippen LogP contribution in [0.1, 0.15) is 31.2 Å². The first-order valence-electron chi connectivity index (χ1n) is 7.74. The van der Waals surface area contributed by atoms with E-state index in [4.69, 9.17) is 0 Å². The number of aromatic amines is 1. The van der Waals surface area contributed by atoms with Crippen molar-refractivity contribution in [3.05, 3.63) is 35.7 Å². The summed E-state index contributed by atoms with van der Waals surface area (Å²) >= 11 is 0. The van der Waals surface area contributed by atoms with Gasteiger partial charge >= 0.3 is 0 Å². The molecule has 2 N–H and O–H groups in total. The van der Waals surface area contributed by atoms with Crippen LogP contribution in [0.3, 0.4) is 0 Å². The Morgan fingerprint density at radius 3 is 2.33 bits per heavy atom. The lowest BCUT2D eigenvalue weighted by molar-refractivity contribution is -0.116. The molecule has 0 spiro atoms. The zero-order valence-electron chi connectivity index (χ0n) is 13.8. The third-order valence-electron chi connectivity index (χ3n) is 3.98. The van der Waals surface area contributed by atoms with Gasteiger partial charge in [-0.25, -0.2) is 8.42 Å². The number of benzene rings is 1. The third-order valence-corrected chi connectivity index (χ3v) is 5.62. The van der Waals surface area contributed by atoms with E-state index in [1.54, 1.807) is 49.9 Å². The van der Waals surface area contributed by atoms with Crippen molar-refractivity contribution in [2.45, 2.75) is 44.6 Å². The van der Waals surface area contributed by atoms with Gasteiger partial charge in [0, 0.05) is 24.3 Å². The number of amides is 1. The zero-order chi connectivity index (χ0) is 17.5. The van der Waals surface area contributed by atoms with E-state index >= 15 is 0 Å². The maximum atomic E-state index is 12.5. The van der Waals surface area contributed by atoms with E-state index in [0.29, 0.717) is 17.1 Å². The van der Waals surface area contributed by atoms with Crippen molar-refractivity contribution in [1.82, 2.24) is 10.2 Å². The highest BCUT2D eigenvalue weighted by Gasteiger charge is 2.32. The Balaban J connectivity index is 1.83. The molecule has 1 amide bonds. The molecule has 0 bridgehead atoms. The fourth-order valence-corrected chi connectivity index (χ4v) is 4.25. The number of anilines is 2. The summed E-state index contributed by atoms with van der Waals surface area (Å²) in [5, 5.41) is 6.59. The second kappa shape index (κ2) is 5.94. The molecule has 1 saturated carbocycles. The first-order valence-corrected chi connectivity index (χ1v) is 9.22. The summed E-state index contributed by atoms with van der Waals surface area (Å²) in [6.07, 6.45) is 2.01. The fraction of sp³-hybridized carbons (Fsp3) is 0.375. The van der Waals surface area contributed by atoms with Crippen molar-refractivity contribution in [2.75, 3.05) is 9.62 Å². The predicted molar refractivity (Wildman–Crippen MR) is 91.5 cm³/mol. The minimum absolute atomic E-state index is 0.00419. The van der Waals surface area contributed by atoms with Crippen molar-refractivity contribution in [3.63, 3.8) is 0 Å². The van der Waals surface area contributed by atoms with Crippen molar-refractivity contribution in [2.24, 2.45) is 0 Å². The standard InChI is InChI=1S/C16H20N4O3S/c1-10-16(11(2)18-17-10)24(22,23)19-13-4-6-14(7-5-13)20(12(3)21)15-8-9-15/h4-7,15,19H,8-9H2,1-3H3,(H,17,18). The first-order chi connectivity index (χ1) is 11.3. The molecule has 1 heterocycles. The van der Waals surface area contributed by atoms with E-state index in [0.717, 1.165) is 18.5 Å². The topological polar surface area (TPSA) is 95.2 Å². The summed E-state index contributed by atoms with van der Waals surface area (Å²) < 4.78 is 27.6. The van der Waals surface area contributed by atoms with Crippen LogP contribution in [0, 0.1) is 13.8 Å². The Morgan fingerprint density at radius 1 is 1.25 bits per heavy atom. The fourth-order valence-electron chi connectivity index (χ4n) is 2.82. The number of carbonyl (C=O) groups is 1. The van der Waals surface area contributed by atoms with Crippen molar-refractivity contribution in [3.8, 4) is 0 Å². The quantitative estimate of drug-likeness (QED) is 0.867. The van der Waals surface area contributed by atoms with E-state index < -0.39 is 10.0 Å². The van der Waals surface area contributed by atoms with Gasteiger partial charge in [0.1, 0.15) is 4.90 Å².